The van der Waals surface area contributed by atoms with Crippen molar-refractivity contribution in [2.24, 2.45) is 11.8 Å². The SMILES string of the molecule is Cc1ccc2cc(CC3CCCCC3)c(NN)nc2c1. The summed E-state index contributed by atoms with van der Waals surface area (Å²) in [5, 5.41) is 1.21. The minimum absolute atomic E-state index is 0.792. The number of hydrazine groups is 1. The zero-order valence-electron chi connectivity index (χ0n) is 12.2. The number of hydrogen-bond acceptors (Lipinski definition) is 3. The van der Waals surface area contributed by atoms with E-state index in [1.807, 2.05) is 0 Å². The fraction of sp³-hybridized carbons (Fsp3) is 0.471. The lowest BCUT2D eigenvalue weighted by Crippen LogP contribution is -2.15. The van der Waals surface area contributed by atoms with E-state index in [2.05, 4.69) is 41.6 Å². The van der Waals surface area contributed by atoms with Gasteiger partial charge in [0.1, 0.15) is 5.82 Å². The van der Waals surface area contributed by atoms with Gasteiger partial charge in [0, 0.05) is 5.39 Å². The number of rotatable bonds is 3. The number of pyridine rings is 1. The molecule has 0 bridgehead atoms. The Balaban J connectivity index is 1.93. The number of hydrogen-bond donors (Lipinski definition) is 2. The minimum atomic E-state index is 0.792. The molecular weight excluding hydrogens is 246 g/mol. The summed E-state index contributed by atoms with van der Waals surface area (Å²) in [6.07, 6.45) is 7.92. The molecule has 1 aromatic heterocycles. The normalized spacial score (nSPS) is 16.5. The van der Waals surface area contributed by atoms with Crippen LogP contribution in [-0.2, 0) is 6.42 Å². The smallest absolute Gasteiger partial charge is 0.143 e. The number of aromatic nitrogens is 1. The molecule has 0 spiro atoms. The summed E-state index contributed by atoms with van der Waals surface area (Å²) >= 11 is 0. The lowest BCUT2D eigenvalue weighted by atomic mass is 9.85. The van der Waals surface area contributed by atoms with Gasteiger partial charge in [-0.1, -0.05) is 44.2 Å². The van der Waals surface area contributed by atoms with Crippen LogP contribution in [0.15, 0.2) is 24.3 Å². The van der Waals surface area contributed by atoms with E-state index in [4.69, 9.17) is 5.84 Å². The molecule has 3 N–H and O–H groups in total. The van der Waals surface area contributed by atoms with Gasteiger partial charge in [-0.25, -0.2) is 10.8 Å². The van der Waals surface area contributed by atoms with E-state index in [-0.39, 0.29) is 0 Å². The Morgan fingerprint density at radius 3 is 2.75 bits per heavy atom. The fourth-order valence-electron chi connectivity index (χ4n) is 3.30. The van der Waals surface area contributed by atoms with Crippen LogP contribution in [0.2, 0.25) is 0 Å². The second kappa shape index (κ2) is 5.80. The predicted molar refractivity (Wildman–Crippen MR) is 84.6 cm³/mol. The van der Waals surface area contributed by atoms with E-state index in [0.29, 0.717) is 0 Å². The molecule has 0 unspecified atom stereocenters. The third-order valence-corrected chi connectivity index (χ3v) is 4.42. The first-order valence-electron chi connectivity index (χ1n) is 7.63. The molecule has 3 nitrogen and oxygen atoms in total. The molecular formula is C17H23N3. The Bertz CT molecular complexity index is 600. The Morgan fingerprint density at radius 2 is 2.00 bits per heavy atom. The van der Waals surface area contributed by atoms with E-state index in [1.165, 1.54) is 48.6 Å². The minimum Gasteiger partial charge on any atom is -0.308 e. The van der Waals surface area contributed by atoms with Gasteiger partial charge in [-0.2, -0.15) is 0 Å². The van der Waals surface area contributed by atoms with Gasteiger partial charge in [-0.3, -0.25) is 0 Å². The van der Waals surface area contributed by atoms with Crippen LogP contribution in [0.25, 0.3) is 10.9 Å². The summed E-state index contributed by atoms with van der Waals surface area (Å²) in [6.45, 7) is 2.09. The summed E-state index contributed by atoms with van der Waals surface area (Å²) in [5.41, 5.74) is 6.29. The number of anilines is 1. The zero-order valence-corrected chi connectivity index (χ0v) is 12.2. The van der Waals surface area contributed by atoms with Gasteiger partial charge in [0.15, 0.2) is 0 Å². The van der Waals surface area contributed by atoms with Gasteiger partial charge in [-0.15, -0.1) is 0 Å². The third-order valence-electron chi connectivity index (χ3n) is 4.42. The molecule has 3 rings (SSSR count). The van der Waals surface area contributed by atoms with Crippen LogP contribution < -0.4 is 11.3 Å². The maximum Gasteiger partial charge on any atom is 0.143 e. The number of aryl methyl sites for hydroxylation is 1. The van der Waals surface area contributed by atoms with Crippen molar-refractivity contribution in [1.29, 1.82) is 0 Å². The molecule has 0 radical (unpaired) electrons. The maximum atomic E-state index is 5.67. The van der Waals surface area contributed by atoms with Gasteiger partial charge in [-0.05, 0) is 42.5 Å². The highest BCUT2D eigenvalue weighted by atomic mass is 15.2. The van der Waals surface area contributed by atoms with E-state index in [0.717, 1.165) is 23.7 Å². The van der Waals surface area contributed by atoms with Crippen molar-refractivity contribution in [3.63, 3.8) is 0 Å². The van der Waals surface area contributed by atoms with E-state index in [1.54, 1.807) is 0 Å². The van der Waals surface area contributed by atoms with Crippen molar-refractivity contribution < 1.29 is 0 Å². The van der Waals surface area contributed by atoms with Crippen LogP contribution in [0.5, 0.6) is 0 Å². The maximum absolute atomic E-state index is 5.67. The Morgan fingerprint density at radius 1 is 1.20 bits per heavy atom. The summed E-state index contributed by atoms with van der Waals surface area (Å²) in [4.78, 5) is 4.68. The average Bonchev–Trinajstić information content (AvgIpc) is 2.48. The van der Waals surface area contributed by atoms with Crippen LogP contribution in [0.3, 0.4) is 0 Å². The molecule has 1 fully saturated rings. The molecule has 0 atom stereocenters. The molecule has 3 heteroatoms. The molecule has 1 aliphatic rings. The van der Waals surface area contributed by atoms with Crippen LogP contribution in [0.4, 0.5) is 5.82 Å². The highest BCUT2D eigenvalue weighted by Crippen LogP contribution is 2.30. The predicted octanol–water partition coefficient (Wildman–Crippen LogP) is 3.95. The summed E-state index contributed by atoms with van der Waals surface area (Å²) in [5.74, 6) is 7.31. The first kappa shape index (κ1) is 13.4. The number of nitrogens with one attached hydrogen (secondary N) is 1. The number of nitrogens with zero attached hydrogens (tertiary/aromatic N) is 1. The topological polar surface area (TPSA) is 50.9 Å². The van der Waals surface area contributed by atoms with Gasteiger partial charge in [0.2, 0.25) is 0 Å². The van der Waals surface area contributed by atoms with Gasteiger partial charge >= 0.3 is 0 Å². The van der Waals surface area contributed by atoms with Crippen LogP contribution in [-0.4, -0.2) is 4.98 Å². The highest BCUT2D eigenvalue weighted by Gasteiger charge is 2.16. The van der Waals surface area contributed by atoms with Crippen molar-refractivity contribution in [3.05, 3.63) is 35.4 Å². The van der Waals surface area contributed by atoms with Crippen LogP contribution >= 0.6 is 0 Å². The van der Waals surface area contributed by atoms with Gasteiger partial charge in [0.25, 0.3) is 0 Å². The lowest BCUT2D eigenvalue weighted by molar-refractivity contribution is 0.357. The zero-order chi connectivity index (χ0) is 13.9. The molecule has 2 aromatic rings. The number of nitrogens with two attached hydrogens (primary N) is 1. The molecule has 0 amide bonds. The van der Waals surface area contributed by atoms with Gasteiger partial charge < -0.3 is 5.43 Å². The molecule has 1 heterocycles. The number of fused-ring (bicyclic) bond motifs is 1. The first-order valence-corrected chi connectivity index (χ1v) is 7.63. The number of nitrogen functional groups attached to an aromatic ring is 1. The summed E-state index contributed by atoms with van der Waals surface area (Å²) < 4.78 is 0. The molecule has 1 aromatic carbocycles. The van der Waals surface area contributed by atoms with Crippen LogP contribution in [0.1, 0.15) is 43.2 Å². The van der Waals surface area contributed by atoms with Gasteiger partial charge in [0.05, 0.1) is 5.52 Å². The summed E-state index contributed by atoms with van der Waals surface area (Å²) in [6, 6.07) is 8.67. The van der Waals surface area contributed by atoms with E-state index < -0.39 is 0 Å². The molecule has 20 heavy (non-hydrogen) atoms. The Kier molecular flexibility index (Phi) is 3.88. The fourth-order valence-corrected chi connectivity index (χ4v) is 3.30. The number of benzene rings is 1. The van der Waals surface area contributed by atoms with Crippen molar-refractivity contribution in [2.75, 3.05) is 5.43 Å². The lowest BCUT2D eigenvalue weighted by Gasteiger charge is -2.22. The quantitative estimate of drug-likeness (QED) is 0.655. The Labute approximate surface area is 120 Å². The molecule has 1 aliphatic carbocycles. The molecule has 106 valence electrons. The second-order valence-corrected chi connectivity index (χ2v) is 6.04. The van der Waals surface area contributed by atoms with E-state index >= 15 is 0 Å². The molecule has 0 saturated heterocycles. The first-order chi connectivity index (χ1) is 9.76. The third kappa shape index (κ3) is 2.78. The van der Waals surface area contributed by atoms with Crippen molar-refractivity contribution >= 4 is 16.7 Å². The second-order valence-electron chi connectivity index (χ2n) is 6.04. The highest BCUT2D eigenvalue weighted by molar-refractivity contribution is 5.82. The monoisotopic (exact) mass is 269 g/mol. The largest absolute Gasteiger partial charge is 0.308 e. The Hall–Kier alpha value is -1.61. The van der Waals surface area contributed by atoms with Crippen molar-refractivity contribution in [1.82, 2.24) is 4.98 Å². The van der Waals surface area contributed by atoms with E-state index in [9.17, 15) is 0 Å². The van der Waals surface area contributed by atoms with Crippen LogP contribution in [0, 0.1) is 12.8 Å². The van der Waals surface area contributed by atoms with Crippen molar-refractivity contribution in [2.45, 2.75) is 45.4 Å². The molecule has 0 aliphatic heterocycles. The molecule has 1 saturated carbocycles. The standard InChI is InChI=1S/C17H23N3/c1-12-7-8-14-11-15(10-13-5-3-2-4-6-13)17(20-18)19-16(14)9-12/h7-9,11,13H,2-6,10,18H2,1H3,(H,19,20). The summed E-state index contributed by atoms with van der Waals surface area (Å²) in [7, 11) is 0. The van der Waals surface area contributed by atoms with Crippen molar-refractivity contribution in [3.8, 4) is 0 Å². The average molecular weight is 269 g/mol.